The quantitative estimate of drug-likeness (QED) is 0.788. The molecular weight excluding hydrogens is 254 g/mol. The van der Waals surface area contributed by atoms with E-state index in [1.165, 1.54) is 11.1 Å². The number of hydrogen-bond acceptors (Lipinski definition) is 1. The molecule has 0 radical (unpaired) electrons. The Morgan fingerprint density at radius 2 is 1.79 bits per heavy atom. The molecule has 0 spiro atoms. The minimum atomic E-state index is 0.267. The van der Waals surface area contributed by atoms with Gasteiger partial charge in [-0.1, -0.05) is 48.9 Å². The maximum Gasteiger partial charge on any atom is 0.0485 e. The Balaban J connectivity index is 2.15. The second kappa shape index (κ2) is 6.12. The highest BCUT2D eigenvalue weighted by Gasteiger charge is 2.08. The predicted octanol–water partition coefficient (Wildman–Crippen LogP) is 5.38. The third-order valence-electron chi connectivity index (χ3n) is 3.53. The largest absolute Gasteiger partial charge is 0.378 e. The van der Waals surface area contributed by atoms with Gasteiger partial charge >= 0.3 is 0 Å². The Labute approximate surface area is 120 Å². The lowest BCUT2D eigenvalue weighted by Gasteiger charge is -2.18. The molecular formula is C17H20ClN. The molecule has 0 saturated carbocycles. The fourth-order valence-corrected chi connectivity index (χ4v) is 2.30. The molecule has 100 valence electrons. The zero-order chi connectivity index (χ0) is 13.8. The van der Waals surface area contributed by atoms with E-state index in [0.29, 0.717) is 0 Å². The van der Waals surface area contributed by atoms with Gasteiger partial charge in [0.05, 0.1) is 0 Å². The Bertz CT molecular complexity index is 546. The van der Waals surface area contributed by atoms with E-state index < -0.39 is 0 Å². The number of nitrogens with one attached hydrogen (secondary N) is 1. The van der Waals surface area contributed by atoms with Gasteiger partial charge < -0.3 is 5.32 Å². The first-order valence-corrected chi connectivity index (χ1v) is 7.10. The van der Waals surface area contributed by atoms with Crippen molar-refractivity contribution in [2.24, 2.45) is 0 Å². The summed E-state index contributed by atoms with van der Waals surface area (Å²) in [6.07, 6.45) is 1.08. The van der Waals surface area contributed by atoms with Crippen molar-refractivity contribution >= 4 is 17.3 Å². The van der Waals surface area contributed by atoms with E-state index in [9.17, 15) is 0 Å². The molecule has 1 atom stereocenters. The van der Waals surface area contributed by atoms with Crippen LogP contribution in [0.4, 0.5) is 5.69 Å². The number of aryl methyl sites for hydroxylation is 1. The molecule has 0 aliphatic rings. The second-order valence-electron chi connectivity index (χ2n) is 4.87. The minimum Gasteiger partial charge on any atom is -0.378 e. The van der Waals surface area contributed by atoms with Crippen LogP contribution in [0.25, 0.3) is 0 Å². The third kappa shape index (κ3) is 3.30. The SMILES string of the molecule is CCc1ccc(C(C)Nc2cccc(Cl)c2C)cc1. The molecule has 19 heavy (non-hydrogen) atoms. The number of rotatable bonds is 4. The first kappa shape index (κ1) is 14.0. The molecule has 2 heteroatoms. The van der Waals surface area contributed by atoms with Crippen LogP contribution in [-0.4, -0.2) is 0 Å². The zero-order valence-electron chi connectivity index (χ0n) is 11.7. The summed E-state index contributed by atoms with van der Waals surface area (Å²) in [4.78, 5) is 0. The van der Waals surface area contributed by atoms with Gasteiger partial charge in [0.2, 0.25) is 0 Å². The molecule has 0 aromatic heterocycles. The summed E-state index contributed by atoms with van der Waals surface area (Å²) in [5.74, 6) is 0. The number of hydrogen-bond donors (Lipinski definition) is 1. The van der Waals surface area contributed by atoms with Crippen molar-refractivity contribution in [3.05, 3.63) is 64.2 Å². The van der Waals surface area contributed by atoms with Crippen LogP contribution in [0.1, 0.15) is 36.6 Å². The molecule has 0 aliphatic heterocycles. The summed E-state index contributed by atoms with van der Waals surface area (Å²) in [7, 11) is 0. The summed E-state index contributed by atoms with van der Waals surface area (Å²) < 4.78 is 0. The average Bonchev–Trinajstić information content (AvgIpc) is 2.44. The van der Waals surface area contributed by atoms with Crippen LogP contribution in [0.2, 0.25) is 5.02 Å². The summed E-state index contributed by atoms with van der Waals surface area (Å²) in [5, 5.41) is 4.32. The third-order valence-corrected chi connectivity index (χ3v) is 3.94. The predicted molar refractivity (Wildman–Crippen MR) is 84.0 cm³/mol. The Hall–Kier alpha value is -1.47. The molecule has 0 aliphatic carbocycles. The van der Waals surface area contributed by atoms with Crippen molar-refractivity contribution in [2.45, 2.75) is 33.2 Å². The molecule has 1 N–H and O–H groups in total. The average molecular weight is 274 g/mol. The van der Waals surface area contributed by atoms with Gasteiger partial charge in [-0.3, -0.25) is 0 Å². The highest BCUT2D eigenvalue weighted by Crippen LogP contribution is 2.26. The first-order chi connectivity index (χ1) is 9.11. The molecule has 1 unspecified atom stereocenters. The maximum absolute atomic E-state index is 6.14. The van der Waals surface area contributed by atoms with Gasteiger partial charge in [0.25, 0.3) is 0 Å². The van der Waals surface area contributed by atoms with E-state index >= 15 is 0 Å². The topological polar surface area (TPSA) is 12.0 Å². The lowest BCUT2D eigenvalue weighted by molar-refractivity contribution is 0.880. The van der Waals surface area contributed by atoms with E-state index in [1.807, 2.05) is 19.1 Å². The van der Waals surface area contributed by atoms with Crippen LogP contribution in [-0.2, 0) is 6.42 Å². The zero-order valence-corrected chi connectivity index (χ0v) is 12.5. The van der Waals surface area contributed by atoms with Gasteiger partial charge in [0.1, 0.15) is 0 Å². The number of anilines is 1. The minimum absolute atomic E-state index is 0.267. The summed E-state index contributed by atoms with van der Waals surface area (Å²) >= 11 is 6.14. The highest BCUT2D eigenvalue weighted by molar-refractivity contribution is 6.31. The molecule has 0 heterocycles. The van der Waals surface area contributed by atoms with Gasteiger partial charge in [-0.25, -0.2) is 0 Å². The van der Waals surface area contributed by atoms with E-state index in [0.717, 1.165) is 22.7 Å². The summed E-state index contributed by atoms with van der Waals surface area (Å²) in [6.45, 7) is 6.38. The van der Waals surface area contributed by atoms with Gasteiger partial charge in [0, 0.05) is 16.8 Å². The van der Waals surface area contributed by atoms with Crippen LogP contribution in [0.15, 0.2) is 42.5 Å². The molecule has 0 bridgehead atoms. The van der Waals surface area contributed by atoms with Gasteiger partial charge in [-0.15, -0.1) is 0 Å². The standard InChI is InChI=1S/C17H20ClN/c1-4-14-8-10-15(11-9-14)13(3)19-17-7-5-6-16(18)12(17)2/h5-11,13,19H,4H2,1-3H3. The van der Waals surface area contributed by atoms with Crippen molar-refractivity contribution in [1.29, 1.82) is 0 Å². The molecule has 1 nitrogen and oxygen atoms in total. The maximum atomic E-state index is 6.14. The van der Waals surface area contributed by atoms with E-state index in [1.54, 1.807) is 0 Å². The van der Waals surface area contributed by atoms with E-state index in [4.69, 9.17) is 11.6 Å². The highest BCUT2D eigenvalue weighted by atomic mass is 35.5. The summed E-state index contributed by atoms with van der Waals surface area (Å²) in [6, 6.07) is 15.0. The summed E-state index contributed by atoms with van der Waals surface area (Å²) in [5.41, 5.74) is 4.85. The molecule has 0 fully saturated rings. The van der Waals surface area contributed by atoms with Crippen LogP contribution >= 0.6 is 11.6 Å². The van der Waals surface area contributed by atoms with Crippen molar-refractivity contribution in [3.63, 3.8) is 0 Å². The fraction of sp³-hybridized carbons (Fsp3) is 0.294. The van der Waals surface area contributed by atoms with Crippen LogP contribution < -0.4 is 5.32 Å². The van der Waals surface area contributed by atoms with Crippen LogP contribution in [0.3, 0.4) is 0 Å². The Morgan fingerprint density at radius 3 is 2.42 bits per heavy atom. The number of benzene rings is 2. The van der Waals surface area contributed by atoms with Crippen molar-refractivity contribution < 1.29 is 0 Å². The van der Waals surface area contributed by atoms with Crippen molar-refractivity contribution in [3.8, 4) is 0 Å². The normalized spacial score (nSPS) is 12.2. The number of halogens is 1. The van der Waals surface area contributed by atoms with E-state index in [2.05, 4.69) is 49.5 Å². The lowest BCUT2D eigenvalue weighted by atomic mass is 10.0. The fourth-order valence-electron chi connectivity index (χ4n) is 2.12. The first-order valence-electron chi connectivity index (χ1n) is 6.72. The monoisotopic (exact) mass is 273 g/mol. The molecule has 2 aromatic rings. The van der Waals surface area contributed by atoms with Crippen molar-refractivity contribution in [1.82, 2.24) is 0 Å². The van der Waals surface area contributed by atoms with E-state index in [-0.39, 0.29) is 6.04 Å². The van der Waals surface area contributed by atoms with Crippen molar-refractivity contribution in [2.75, 3.05) is 5.32 Å². The van der Waals surface area contributed by atoms with Gasteiger partial charge in [-0.2, -0.15) is 0 Å². The van der Waals surface area contributed by atoms with Crippen LogP contribution in [0, 0.1) is 6.92 Å². The smallest absolute Gasteiger partial charge is 0.0485 e. The second-order valence-corrected chi connectivity index (χ2v) is 5.28. The Kier molecular flexibility index (Phi) is 4.49. The molecule has 0 saturated heterocycles. The lowest BCUT2D eigenvalue weighted by Crippen LogP contribution is -2.07. The Morgan fingerprint density at radius 1 is 1.11 bits per heavy atom. The molecule has 2 aromatic carbocycles. The van der Waals surface area contributed by atoms with Crippen LogP contribution in [0.5, 0.6) is 0 Å². The molecule has 2 rings (SSSR count). The van der Waals surface area contributed by atoms with Gasteiger partial charge in [0.15, 0.2) is 0 Å². The molecule has 0 amide bonds. The van der Waals surface area contributed by atoms with Gasteiger partial charge in [-0.05, 0) is 49.1 Å².